The Bertz CT molecular complexity index is 3990. The van der Waals surface area contributed by atoms with Crippen molar-refractivity contribution in [2.75, 3.05) is 13.2 Å². The number of allylic oxidation sites excluding steroid dienone is 16. The summed E-state index contributed by atoms with van der Waals surface area (Å²) in [6, 6.07) is 72.0. The van der Waals surface area contributed by atoms with E-state index >= 15 is 0 Å². The summed E-state index contributed by atoms with van der Waals surface area (Å²) in [6.07, 6.45) is 29.8. The van der Waals surface area contributed by atoms with Crippen molar-refractivity contribution >= 4 is 66.9 Å². The van der Waals surface area contributed by atoms with E-state index in [-0.39, 0.29) is 0 Å². The Labute approximate surface area is 523 Å². The van der Waals surface area contributed by atoms with Gasteiger partial charge in [0.15, 0.2) is 0 Å². The maximum Gasteiger partial charge on any atom is 0.119 e. The molecule has 0 aromatic heterocycles. The summed E-state index contributed by atoms with van der Waals surface area (Å²) >= 11 is 0. The Morgan fingerprint density at radius 2 is 0.443 bits per heavy atom. The molecule has 0 heterocycles. The highest BCUT2D eigenvalue weighted by Gasteiger charge is 2.35. The van der Waals surface area contributed by atoms with Gasteiger partial charge in [0.05, 0.1) is 13.2 Å². The average molecular weight is 1150 g/mol. The van der Waals surface area contributed by atoms with Crippen LogP contribution in [0.15, 0.2) is 231 Å². The molecule has 2 heteroatoms. The molecule has 0 radical (unpaired) electrons. The van der Waals surface area contributed by atoms with Crippen molar-refractivity contribution in [1.29, 1.82) is 0 Å². The molecule has 2 nitrogen and oxygen atoms in total. The van der Waals surface area contributed by atoms with Gasteiger partial charge >= 0.3 is 0 Å². The summed E-state index contributed by atoms with van der Waals surface area (Å²) in [6.45, 7) is 10.7. The van der Waals surface area contributed by atoms with Crippen LogP contribution in [0.2, 0.25) is 0 Å². The van der Waals surface area contributed by atoms with E-state index in [9.17, 15) is 0 Å². The van der Waals surface area contributed by atoms with Gasteiger partial charge < -0.3 is 9.47 Å². The summed E-state index contributed by atoms with van der Waals surface area (Å²) in [7, 11) is 0. The van der Waals surface area contributed by atoms with E-state index in [0.29, 0.717) is 11.8 Å². The van der Waals surface area contributed by atoms with E-state index < -0.39 is 0 Å². The lowest BCUT2D eigenvalue weighted by Gasteiger charge is -2.17. The minimum absolute atomic E-state index is 0.608. The van der Waals surface area contributed by atoms with Gasteiger partial charge in [0.25, 0.3) is 0 Å². The number of unbranched alkanes of at least 4 members (excludes halogenated alkanes) is 4. The van der Waals surface area contributed by atoms with Crippen LogP contribution in [0.1, 0.15) is 183 Å². The van der Waals surface area contributed by atoms with Crippen LogP contribution in [-0.2, 0) is 0 Å². The lowest BCUT2D eigenvalue weighted by Crippen LogP contribution is -2.12. The highest BCUT2D eigenvalue weighted by atomic mass is 16.5. The van der Waals surface area contributed by atoms with E-state index in [1.165, 1.54) is 222 Å². The lowest BCUT2D eigenvalue weighted by atomic mass is 9.94. The van der Waals surface area contributed by atoms with E-state index in [0.717, 1.165) is 24.7 Å². The van der Waals surface area contributed by atoms with Crippen molar-refractivity contribution in [3.8, 4) is 11.5 Å². The molecule has 8 aromatic rings. The smallest absolute Gasteiger partial charge is 0.119 e. The second-order valence-corrected chi connectivity index (χ2v) is 25.1. The van der Waals surface area contributed by atoms with Crippen molar-refractivity contribution in [3.63, 3.8) is 0 Å². The molecule has 0 unspecified atom stereocenters. The zero-order valence-corrected chi connectivity index (χ0v) is 51.8. The molecule has 8 aromatic carbocycles. The maximum absolute atomic E-state index is 6.49. The third-order valence-corrected chi connectivity index (χ3v) is 19.4. The molecule has 436 valence electrons. The third kappa shape index (κ3) is 10.8. The number of ether oxygens (including phenoxy) is 2. The van der Waals surface area contributed by atoms with Crippen molar-refractivity contribution in [3.05, 3.63) is 308 Å². The van der Waals surface area contributed by atoms with Gasteiger partial charge in [-0.2, -0.15) is 0 Å². The van der Waals surface area contributed by atoms with Gasteiger partial charge in [-0.1, -0.05) is 249 Å². The van der Waals surface area contributed by atoms with E-state index in [1.807, 2.05) is 0 Å². The van der Waals surface area contributed by atoms with Crippen molar-refractivity contribution < 1.29 is 9.47 Å². The Morgan fingerprint density at radius 1 is 0.239 bits per heavy atom. The molecule has 14 rings (SSSR count). The van der Waals surface area contributed by atoms with Gasteiger partial charge in [0.1, 0.15) is 11.5 Å². The minimum Gasteiger partial charge on any atom is -0.493 e. The highest BCUT2D eigenvalue weighted by Crippen LogP contribution is 2.56. The first-order valence-corrected chi connectivity index (χ1v) is 33.1. The number of hydrogen-bond acceptors (Lipinski definition) is 2. The van der Waals surface area contributed by atoms with Gasteiger partial charge in [-0.25, -0.2) is 0 Å². The van der Waals surface area contributed by atoms with Gasteiger partial charge in [-0.05, 0) is 243 Å². The van der Waals surface area contributed by atoms with Crippen LogP contribution >= 0.6 is 0 Å². The van der Waals surface area contributed by atoms with Gasteiger partial charge in [0, 0.05) is 0 Å². The third-order valence-electron chi connectivity index (χ3n) is 19.4. The quantitative estimate of drug-likeness (QED) is 0.0673. The molecule has 0 spiro atoms. The number of fused-ring (bicyclic) bond motifs is 6. The van der Waals surface area contributed by atoms with Gasteiger partial charge in [0.2, 0.25) is 0 Å². The molecule has 0 aliphatic heterocycles. The van der Waals surface area contributed by atoms with Crippen LogP contribution in [0.4, 0.5) is 0 Å². The average Bonchev–Trinajstić information content (AvgIpc) is 1.67. The fourth-order valence-corrected chi connectivity index (χ4v) is 14.7. The molecular weight excluding hydrogens is 1060 g/mol. The predicted molar refractivity (Wildman–Crippen MR) is 374 cm³/mol. The largest absolute Gasteiger partial charge is 0.493 e. The summed E-state index contributed by atoms with van der Waals surface area (Å²) in [5, 5.41) is 0. The normalized spacial score (nSPS) is 17.5. The summed E-state index contributed by atoms with van der Waals surface area (Å²) < 4.78 is 13.0. The van der Waals surface area contributed by atoms with Crippen molar-refractivity contribution in [1.82, 2.24) is 0 Å². The molecule has 0 bridgehead atoms. The van der Waals surface area contributed by atoms with Crippen LogP contribution in [0.25, 0.3) is 66.9 Å². The summed E-state index contributed by atoms with van der Waals surface area (Å²) in [5.74, 6) is 3.12. The molecule has 0 atom stereocenters. The summed E-state index contributed by atoms with van der Waals surface area (Å²) in [4.78, 5) is 0. The monoisotopic (exact) mass is 1140 g/mol. The lowest BCUT2D eigenvalue weighted by molar-refractivity contribution is 0.226. The molecule has 0 saturated heterocycles. The second kappa shape index (κ2) is 25.4. The second-order valence-electron chi connectivity index (χ2n) is 25.1. The first kappa shape index (κ1) is 56.8. The molecule has 88 heavy (non-hydrogen) atoms. The molecule has 0 N–H and O–H groups in total. The van der Waals surface area contributed by atoms with Gasteiger partial charge in [-0.3, -0.25) is 0 Å². The standard InChI is InChI=1S/C86H80O2/c1-5-9-25-57(26-10-6-2)55-87-61-45-41-59(42-46-61)75-49-77(65-31-15-13-29-63(65)75)79-51-81(69-35-19-17-33-67(69)79)83-53-85(73-39-23-21-37-71(73)83)86-54-84(72-38-22-24-40-74(72)86)82-52-80(68-34-18-20-36-70(68)82)78-50-76(64-30-14-16-32-66(64)78)60-43-47-62(48-44-60)88-56-58(27-11-7-3)28-12-8-4/h13-24,29-54,57-58H,5-12,25-28,55-56H2,1-4H3/b79-77+,80-78+,86-85+. The Hall–Kier alpha value is -8.98. The zero-order valence-electron chi connectivity index (χ0n) is 51.8. The molecule has 0 saturated carbocycles. The van der Waals surface area contributed by atoms with Gasteiger partial charge in [-0.15, -0.1) is 0 Å². The van der Waals surface area contributed by atoms with Crippen LogP contribution < -0.4 is 9.47 Å². The molecule has 6 aliphatic rings. The maximum atomic E-state index is 6.49. The molecule has 6 aliphatic carbocycles. The topological polar surface area (TPSA) is 18.5 Å². The first-order chi connectivity index (χ1) is 43.5. The van der Waals surface area contributed by atoms with Crippen molar-refractivity contribution in [2.24, 2.45) is 11.8 Å². The van der Waals surface area contributed by atoms with E-state index in [1.54, 1.807) is 0 Å². The summed E-state index contributed by atoms with van der Waals surface area (Å²) in [5.41, 5.74) is 32.8. The highest BCUT2D eigenvalue weighted by molar-refractivity contribution is 6.29. The van der Waals surface area contributed by atoms with Crippen LogP contribution in [0, 0.1) is 11.8 Å². The number of benzene rings is 8. The minimum atomic E-state index is 0.608. The van der Waals surface area contributed by atoms with E-state index in [4.69, 9.17) is 9.47 Å². The molecule has 0 amide bonds. The zero-order chi connectivity index (χ0) is 59.5. The van der Waals surface area contributed by atoms with Crippen LogP contribution in [-0.4, -0.2) is 13.2 Å². The Balaban J connectivity index is 0.820. The van der Waals surface area contributed by atoms with Crippen LogP contribution in [0.5, 0.6) is 11.5 Å². The fraction of sp³-hybridized carbons (Fsp3) is 0.233. The van der Waals surface area contributed by atoms with Crippen molar-refractivity contribution in [2.45, 2.75) is 105 Å². The number of rotatable bonds is 22. The molecule has 0 fully saturated rings. The van der Waals surface area contributed by atoms with Crippen LogP contribution in [0.3, 0.4) is 0 Å². The Morgan fingerprint density at radius 3 is 0.670 bits per heavy atom. The molecular formula is C86H80O2. The number of hydrogen-bond donors (Lipinski definition) is 0. The Kier molecular flexibility index (Phi) is 16.4. The first-order valence-electron chi connectivity index (χ1n) is 33.1. The fourth-order valence-electron chi connectivity index (χ4n) is 14.7. The van der Waals surface area contributed by atoms with E-state index in [2.05, 4.69) is 258 Å². The SMILES string of the molecule is CCCCC(CCCC)COc1ccc(C2=C/C(=C3/C=C(C4=C/C(=C5/C=C(C6=C/C(=C7/C=C(c8ccc(OCC(CCCC)CCCC)cc8)c8ccccc87)c7ccccc76)c6ccccc65)c5ccccc54)c4ccccc43)c3ccccc32)cc1. The predicted octanol–water partition coefficient (Wildman–Crippen LogP) is 23.0.